The average Bonchev–Trinajstić information content (AvgIpc) is 2.59. The van der Waals surface area contributed by atoms with Gasteiger partial charge in [0.15, 0.2) is 0 Å². The molecule has 1 aliphatic heterocycles. The van der Waals surface area contributed by atoms with Crippen molar-refractivity contribution in [3.05, 3.63) is 0 Å². The van der Waals surface area contributed by atoms with Crippen LogP contribution in [-0.2, 0) is 4.84 Å². The quantitative estimate of drug-likeness (QED) is 0.644. The first-order chi connectivity index (χ1) is 6.77. The predicted octanol–water partition coefficient (Wildman–Crippen LogP) is 2.60. The van der Waals surface area contributed by atoms with Gasteiger partial charge in [-0.05, 0) is 36.5 Å². The van der Waals surface area contributed by atoms with Crippen LogP contribution >= 0.6 is 0 Å². The van der Waals surface area contributed by atoms with Gasteiger partial charge < -0.3 is 4.84 Å². The normalized spacial score (nSPS) is 45.0. The van der Waals surface area contributed by atoms with Gasteiger partial charge >= 0.3 is 0 Å². The van der Waals surface area contributed by atoms with Gasteiger partial charge in [0.1, 0.15) is 0 Å². The smallest absolute Gasteiger partial charge is 0.0710 e. The Bertz CT molecular complexity index is 183. The zero-order valence-corrected chi connectivity index (χ0v) is 9.46. The van der Waals surface area contributed by atoms with E-state index in [1.807, 2.05) is 0 Å². The van der Waals surface area contributed by atoms with Crippen molar-refractivity contribution in [3.63, 3.8) is 0 Å². The van der Waals surface area contributed by atoms with Gasteiger partial charge in [-0.25, -0.2) is 5.48 Å². The Labute approximate surface area is 87.4 Å². The minimum atomic E-state index is 0.696. The summed E-state index contributed by atoms with van der Waals surface area (Å²) in [5.41, 5.74) is 3.15. The summed E-state index contributed by atoms with van der Waals surface area (Å²) in [6.07, 6.45) is 5.69. The highest BCUT2D eigenvalue weighted by Crippen LogP contribution is 2.37. The Hall–Kier alpha value is -0.0800. The number of fused-ring (bicyclic) bond motifs is 1. The first-order valence-electron chi connectivity index (χ1n) is 6.12. The van der Waals surface area contributed by atoms with Crippen LogP contribution in [0.2, 0.25) is 0 Å². The van der Waals surface area contributed by atoms with Crippen molar-refractivity contribution in [1.82, 2.24) is 5.48 Å². The van der Waals surface area contributed by atoms with Crippen LogP contribution in [0.4, 0.5) is 0 Å². The van der Waals surface area contributed by atoms with E-state index in [0.29, 0.717) is 5.92 Å². The lowest BCUT2D eigenvalue weighted by atomic mass is 9.83. The molecule has 4 atom stereocenters. The van der Waals surface area contributed by atoms with Gasteiger partial charge in [-0.2, -0.15) is 0 Å². The zero-order chi connectivity index (χ0) is 9.97. The molecule has 1 heterocycles. The molecule has 2 fully saturated rings. The summed E-state index contributed by atoms with van der Waals surface area (Å²) >= 11 is 0. The minimum absolute atomic E-state index is 0.696. The standard InChI is InChI=1S/C12H23NO/c1-9-6-11-4-3-5-12(11)7-13-14-8-10(9)2/h9-13H,3-8H2,1-2H3/t9?,10?,11-,12?/m1/s1. The lowest BCUT2D eigenvalue weighted by molar-refractivity contribution is 0.00937. The molecule has 14 heavy (non-hydrogen) atoms. The Morgan fingerprint density at radius 1 is 1.07 bits per heavy atom. The highest BCUT2D eigenvalue weighted by atomic mass is 16.6. The third-order valence-electron chi connectivity index (χ3n) is 4.26. The van der Waals surface area contributed by atoms with E-state index in [1.165, 1.54) is 25.7 Å². The van der Waals surface area contributed by atoms with Gasteiger partial charge in [-0.15, -0.1) is 0 Å². The van der Waals surface area contributed by atoms with Crippen LogP contribution in [0.15, 0.2) is 0 Å². The van der Waals surface area contributed by atoms with E-state index in [2.05, 4.69) is 19.3 Å². The number of rotatable bonds is 0. The average molecular weight is 197 g/mol. The van der Waals surface area contributed by atoms with Gasteiger partial charge in [-0.1, -0.05) is 26.7 Å². The Morgan fingerprint density at radius 2 is 1.86 bits per heavy atom. The first kappa shape index (κ1) is 10.4. The maximum absolute atomic E-state index is 5.50. The second kappa shape index (κ2) is 4.63. The SMILES string of the molecule is CC1CONCC2CCC[C@@H]2CC1C. The van der Waals surface area contributed by atoms with Crippen LogP contribution in [-0.4, -0.2) is 13.2 Å². The van der Waals surface area contributed by atoms with E-state index >= 15 is 0 Å². The molecule has 3 unspecified atom stereocenters. The lowest BCUT2D eigenvalue weighted by Crippen LogP contribution is -2.25. The Kier molecular flexibility index (Phi) is 3.45. The number of hydroxylamine groups is 1. The molecular weight excluding hydrogens is 174 g/mol. The minimum Gasteiger partial charge on any atom is -0.302 e. The second-order valence-electron chi connectivity index (χ2n) is 5.30. The van der Waals surface area contributed by atoms with Gasteiger partial charge in [-0.3, -0.25) is 0 Å². The molecule has 1 aliphatic carbocycles. The maximum atomic E-state index is 5.50. The molecule has 2 nitrogen and oxygen atoms in total. The summed E-state index contributed by atoms with van der Waals surface area (Å²) < 4.78 is 0. The molecule has 0 amide bonds. The summed E-state index contributed by atoms with van der Waals surface area (Å²) in [7, 11) is 0. The third-order valence-corrected chi connectivity index (χ3v) is 4.26. The molecule has 0 aromatic heterocycles. The van der Waals surface area contributed by atoms with E-state index in [1.54, 1.807) is 0 Å². The molecule has 2 aliphatic rings. The molecule has 2 rings (SSSR count). The summed E-state index contributed by atoms with van der Waals surface area (Å²) in [6.45, 7) is 6.64. The van der Waals surface area contributed by atoms with E-state index in [0.717, 1.165) is 30.9 Å². The number of nitrogens with one attached hydrogen (secondary N) is 1. The summed E-state index contributed by atoms with van der Waals surface area (Å²) in [5.74, 6) is 3.35. The molecule has 82 valence electrons. The van der Waals surface area contributed by atoms with Gasteiger partial charge in [0.05, 0.1) is 6.61 Å². The molecule has 0 radical (unpaired) electrons. The summed E-state index contributed by atoms with van der Waals surface area (Å²) in [4.78, 5) is 5.50. The Morgan fingerprint density at radius 3 is 2.71 bits per heavy atom. The van der Waals surface area contributed by atoms with Crippen molar-refractivity contribution in [2.75, 3.05) is 13.2 Å². The van der Waals surface area contributed by atoms with Crippen LogP contribution in [0.3, 0.4) is 0 Å². The van der Waals surface area contributed by atoms with Crippen LogP contribution in [0, 0.1) is 23.7 Å². The zero-order valence-electron chi connectivity index (χ0n) is 9.46. The molecule has 0 aromatic rings. The van der Waals surface area contributed by atoms with Crippen LogP contribution in [0.25, 0.3) is 0 Å². The van der Waals surface area contributed by atoms with Crippen molar-refractivity contribution >= 4 is 0 Å². The van der Waals surface area contributed by atoms with E-state index < -0.39 is 0 Å². The van der Waals surface area contributed by atoms with Gasteiger partial charge in [0.2, 0.25) is 0 Å². The van der Waals surface area contributed by atoms with Crippen molar-refractivity contribution in [3.8, 4) is 0 Å². The summed E-state index contributed by atoms with van der Waals surface area (Å²) in [5, 5.41) is 0. The van der Waals surface area contributed by atoms with Crippen LogP contribution in [0.5, 0.6) is 0 Å². The Balaban J connectivity index is 1.97. The van der Waals surface area contributed by atoms with Crippen molar-refractivity contribution in [1.29, 1.82) is 0 Å². The number of hydrogen-bond donors (Lipinski definition) is 1. The van der Waals surface area contributed by atoms with E-state index in [4.69, 9.17) is 4.84 Å². The molecule has 2 heteroatoms. The molecule has 0 aromatic carbocycles. The van der Waals surface area contributed by atoms with Gasteiger partial charge in [0, 0.05) is 6.54 Å². The topological polar surface area (TPSA) is 21.3 Å². The van der Waals surface area contributed by atoms with Gasteiger partial charge in [0.25, 0.3) is 0 Å². The third kappa shape index (κ3) is 2.29. The fourth-order valence-electron chi connectivity index (χ4n) is 2.92. The number of hydrogen-bond acceptors (Lipinski definition) is 2. The van der Waals surface area contributed by atoms with Crippen LogP contribution < -0.4 is 5.48 Å². The molecule has 0 bridgehead atoms. The maximum Gasteiger partial charge on any atom is 0.0710 e. The van der Waals surface area contributed by atoms with E-state index in [9.17, 15) is 0 Å². The highest BCUT2D eigenvalue weighted by molar-refractivity contribution is 4.81. The lowest BCUT2D eigenvalue weighted by Gasteiger charge is -2.23. The molecular formula is C12H23NO. The summed E-state index contributed by atoms with van der Waals surface area (Å²) in [6, 6.07) is 0. The second-order valence-corrected chi connectivity index (χ2v) is 5.30. The van der Waals surface area contributed by atoms with Crippen molar-refractivity contribution in [2.45, 2.75) is 39.5 Å². The monoisotopic (exact) mass is 197 g/mol. The fourth-order valence-corrected chi connectivity index (χ4v) is 2.92. The van der Waals surface area contributed by atoms with E-state index in [-0.39, 0.29) is 0 Å². The largest absolute Gasteiger partial charge is 0.302 e. The van der Waals surface area contributed by atoms with Crippen molar-refractivity contribution < 1.29 is 4.84 Å². The molecule has 1 saturated carbocycles. The first-order valence-corrected chi connectivity index (χ1v) is 6.12. The predicted molar refractivity (Wildman–Crippen MR) is 57.7 cm³/mol. The fraction of sp³-hybridized carbons (Fsp3) is 1.00. The highest BCUT2D eigenvalue weighted by Gasteiger charge is 2.30. The molecule has 1 N–H and O–H groups in total. The molecule has 1 saturated heterocycles. The van der Waals surface area contributed by atoms with Crippen LogP contribution in [0.1, 0.15) is 39.5 Å². The van der Waals surface area contributed by atoms with Crippen molar-refractivity contribution in [2.24, 2.45) is 23.7 Å². The molecule has 0 spiro atoms.